The maximum atomic E-state index is 11.7. The number of nitrogens with one attached hydrogen (secondary N) is 2. The van der Waals surface area contributed by atoms with Crippen LogP contribution in [0, 0.1) is 0 Å². The summed E-state index contributed by atoms with van der Waals surface area (Å²) in [4.78, 5) is 13.8. The number of amides is 1. The van der Waals surface area contributed by atoms with E-state index < -0.39 is 0 Å². The predicted molar refractivity (Wildman–Crippen MR) is 65.9 cm³/mol. The Morgan fingerprint density at radius 1 is 1.24 bits per heavy atom. The summed E-state index contributed by atoms with van der Waals surface area (Å²) in [6, 6.07) is -0.170. The summed E-state index contributed by atoms with van der Waals surface area (Å²) < 4.78 is 0. The molecule has 1 heterocycles. The van der Waals surface area contributed by atoms with Gasteiger partial charge in [0.25, 0.3) is 5.91 Å². The van der Waals surface area contributed by atoms with Crippen LogP contribution in [-0.4, -0.2) is 72.9 Å². The molecule has 1 amide bonds. The zero-order chi connectivity index (χ0) is 12.7. The number of rotatable bonds is 3. The second-order valence-electron chi connectivity index (χ2n) is 4.61. The van der Waals surface area contributed by atoms with E-state index in [0.717, 1.165) is 44.3 Å². The lowest BCUT2D eigenvalue weighted by Crippen LogP contribution is -2.44. The second kappa shape index (κ2) is 7.60. The molecule has 0 unspecified atom stereocenters. The second-order valence-corrected chi connectivity index (χ2v) is 4.61. The fourth-order valence-corrected chi connectivity index (χ4v) is 1.72. The van der Waals surface area contributed by atoms with Crippen molar-refractivity contribution < 1.29 is 10.0 Å². The molecule has 100 valence electrons. The monoisotopic (exact) mass is 244 g/mol. The minimum absolute atomic E-state index is 0.170. The first-order valence-electron chi connectivity index (χ1n) is 6.26. The first-order valence-corrected chi connectivity index (χ1v) is 6.26. The molecule has 6 heteroatoms. The van der Waals surface area contributed by atoms with Crippen molar-refractivity contribution in [2.75, 3.05) is 45.8 Å². The minimum Gasteiger partial charge on any atom is -0.314 e. The van der Waals surface area contributed by atoms with Crippen molar-refractivity contribution in [2.24, 2.45) is 0 Å². The zero-order valence-corrected chi connectivity index (χ0v) is 10.8. The molecule has 0 aliphatic carbocycles. The van der Waals surface area contributed by atoms with E-state index in [-0.39, 0.29) is 18.5 Å². The quantitative estimate of drug-likeness (QED) is 0.444. The fourth-order valence-electron chi connectivity index (χ4n) is 1.72. The van der Waals surface area contributed by atoms with E-state index in [4.69, 9.17) is 0 Å². The number of hydrogen-bond donors (Lipinski definition) is 3. The molecule has 0 saturated carbocycles. The molecule has 1 aliphatic heterocycles. The van der Waals surface area contributed by atoms with Gasteiger partial charge in [0, 0.05) is 39.3 Å². The van der Waals surface area contributed by atoms with E-state index in [1.54, 1.807) is 13.8 Å². The van der Waals surface area contributed by atoms with Gasteiger partial charge in [0.05, 0.1) is 12.6 Å². The molecule has 1 fully saturated rings. The van der Waals surface area contributed by atoms with E-state index >= 15 is 0 Å². The SMILES string of the molecule is CC(C)N(O)C(=O)CN1CCNCCNCC1. The Morgan fingerprint density at radius 2 is 1.76 bits per heavy atom. The molecule has 1 aliphatic rings. The molecule has 0 radical (unpaired) electrons. The number of hydrogen-bond acceptors (Lipinski definition) is 5. The van der Waals surface area contributed by atoms with E-state index in [0.29, 0.717) is 0 Å². The molecule has 0 aromatic heterocycles. The highest BCUT2D eigenvalue weighted by Gasteiger charge is 2.18. The summed E-state index contributed by atoms with van der Waals surface area (Å²) in [7, 11) is 0. The van der Waals surface area contributed by atoms with Gasteiger partial charge >= 0.3 is 0 Å². The van der Waals surface area contributed by atoms with Crippen LogP contribution in [0.15, 0.2) is 0 Å². The van der Waals surface area contributed by atoms with E-state index in [2.05, 4.69) is 15.5 Å². The maximum Gasteiger partial charge on any atom is 0.260 e. The topological polar surface area (TPSA) is 67.8 Å². The predicted octanol–water partition coefficient (Wildman–Crippen LogP) is -0.893. The normalized spacial score (nSPS) is 19.5. The third-order valence-corrected chi connectivity index (χ3v) is 2.79. The molecular formula is C11H24N4O2. The van der Waals surface area contributed by atoms with Crippen molar-refractivity contribution in [1.29, 1.82) is 0 Å². The molecule has 6 nitrogen and oxygen atoms in total. The summed E-state index contributed by atoms with van der Waals surface area (Å²) in [5.74, 6) is -0.237. The van der Waals surface area contributed by atoms with Crippen LogP contribution >= 0.6 is 0 Å². The molecule has 0 bridgehead atoms. The highest BCUT2D eigenvalue weighted by Crippen LogP contribution is 1.97. The summed E-state index contributed by atoms with van der Waals surface area (Å²) in [5, 5.41) is 16.9. The molecule has 1 saturated heterocycles. The van der Waals surface area contributed by atoms with Gasteiger partial charge in [-0.3, -0.25) is 14.9 Å². The minimum atomic E-state index is -0.237. The van der Waals surface area contributed by atoms with Gasteiger partial charge in [0.1, 0.15) is 0 Å². The molecule has 1 rings (SSSR count). The molecule has 0 aromatic rings. The third kappa shape index (κ3) is 5.45. The highest BCUT2D eigenvalue weighted by atomic mass is 16.5. The average Bonchev–Trinajstić information content (AvgIpc) is 2.41. The smallest absolute Gasteiger partial charge is 0.260 e. The van der Waals surface area contributed by atoms with Crippen molar-refractivity contribution >= 4 is 5.91 Å². The summed E-state index contributed by atoms with van der Waals surface area (Å²) in [6.45, 7) is 9.19. The number of hydroxylamine groups is 2. The molecule has 0 spiro atoms. The maximum absolute atomic E-state index is 11.7. The standard InChI is InChI=1S/C11H24N4O2/c1-10(2)15(17)11(16)9-14-7-5-12-3-4-13-6-8-14/h10,12-13,17H,3-9H2,1-2H3. The van der Waals surface area contributed by atoms with Crippen LogP contribution in [0.5, 0.6) is 0 Å². The van der Waals surface area contributed by atoms with E-state index in [9.17, 15) is 10.0 Å². The number of carbonyl (C=O) groups excluding carboxylic acids is 1. The largest absolute Gasteiger partial charge is 0.314 e. The van der Waals surface area contributed by atoms with Gasteiger partial charge in [-0.2, -0.15) is 0 Å². The fraction of sp³-hybridized carbons (Fsp3) is 0.909. The summed E-state index contributed by atoms with van der Waals surface area (Å²) >= 11 is 0. The summed E-state index contributed by atoms with van der Waals surface area (Å²) in [6.07, 6.45) is 0. The van der Waals surface area contributed by atoms with Gasteiger partial charge in [-0.25, -0.2) is 5.06 Å². The Labute approximate surface area is 103 Å². The summed E-state index contributed by atoms with van der Waals surface area (Å²) in [5.41, 5.74) is 0. The highest BCUT2D eigenvalue weighted by molar-refractivity contribution is 5.77. The van der Waals surface area contributed by atoms with Gasteiger partial charge in [-0.15, -0.1) is 0 Å². The van der Waals surface area contributed by atoms with Crippen molar-refractivity contribution in [2.45, 2.75) is 19.9 Å². The van der Waals surface area contributed by atoms with Gasteiger partial charge in [-0.05, 0) is 13.8 Å². The molecule has 3 N–H and O–H groups in total. The first kappa shape index (κ1) is 14.4. The molecule has 17 heavy (non-hydrogen) atoms. The zero-order valence-electron chi connectivity index (χ0n) is 10.8. The van der Waals surface area contributed by atoms with Crippen LogP contribution < -0.4 is 10.6 Å². The Hall–Kier alpha value is -0.690. The van der Waals surface area contributed by atoms with Crippen LogP contribution in [0.4, 0.5) is 0 Å². The van der Waals surface area contributed by atoms with E-state index in [1.165, 1.54) is 0 Å². The molecule has 0 atom stereocenters. The van der Waals surface area contributed by atoms with Gasteiger partial charge in [-0.1, -0.05) is 0 Å². The van der Waals surface area contributed by atoms with Crippen molar-refractivity contribution in [3.63, 3.8) is 0 Å². The molecule has 0 aromatic carbocycles. The van der Waals surface area contributed by atoms with Crippen LogP contribution in [0.25, 0.3) is 0 Å². The van der Waals surface area contributed by atoms with Gasteiger partial charge in [0.2, 0.25) is 0 Å². The third-order valence-electron chi connectivity index (χ3n) is 2.79. The Kier molecular flexibility index (Phi) is 6.43. The van der Waals surface area contributed by atoms with Crippen LogP contribution in [-0.2, 0) is 4.79 Å². The number of carbonyl (C=O) groups is 1. The first-order chi connectivity index (χ1) is 8.11. The lowest BCUT2D eigenvalue weighted by molar-refractivity contribution is -0.173. The Bertz CT molecular complexity index is 226. The van der Waals surface area contributed by atoms with E-state index in [1.807, 2.05) is 0 Å². The molecular weight excluding hydrogens is 220 g/mol. The van der Waals surface area contributed by atoms with Crippen molar-refractivity contribution in [1.82, 2.24) is 20.6 Å². The van der Waals surface area contributed by atoms with Crippen LogP contribution in [0.3, 0.4) is 0 Å². The van der Waals surface area contributed by atoms with Crippen LogP contribution in [0.1, 0.15) is 13.8 Å². The van der Waals surface area contributed by atoms with Crippen molar-refractivity contribution in [3.8, 4) is 0 Å². The van der Waals surface area contributed by atoms with Gasteiger partial charge < -0.3 is 10.6 Å². The Morgan fingerprint density at radius 3 is 2.24 bits per heavy atom. The number of nitrogens with zero attached hydrogens (tertiary/aromatic N) is 2. The van der Waals surface area contributed by atoms with Crippen LogP contribution in [0.2, 0.25) is 0 Å². The average molecular weight is 244 g/mol. The lowest BCUT2D eigenvalue weighted by Gasteiger charge is -2.25. The Balaban J connectivity index is 2.38. The lowest BCUT2D eigenvalue weighted by atomic mass is 10.3. The van der Waals surface area contributed by atoms with Crippen molar-refractivity contribution in [3.05, 3.63) is 0 Å². The van der Waals surface area contributed by atoms with Gasteiger partial charge in [0.15, 0.2) is 0 Å².